The molecule has 1 aromatic rings. The van der Waals surface area contributed by atoms with E-state index >= 15 is 0 Å². The SMILES string of the molecule is CCSCC(C)NCc1c(F)cccc1Cl. The molecule has 0 saturated carbocycles. The lowest BCUT2D eigenvalue weighted by Crippen LogP contribution is -2.28. The summed E-state index contributed by atoms with van der Waals surface area (Å²) in [5, 5.41) is 3.76. The van der Waals surface area contributed by atoms with Gasteiger partial charge in [-0.3, -0.25) is 0 Å². The number of hydrogen-bond donors (Lipinski definition) is 1. The van der Waals surface area contributed by atoms with Gasteiger partial charge in [-0.25, -0.2) is 4.39 Å². The van der Waals surface area contributed by atoms with Crippen LogP contribution in [0.4, 0.5) is 4.39 Å². The van der Waals surface area contributed by atoms with Crippen LogP contribution in [0.5, 0.6) is 0 Å². The standard InChI is InChI=1S/C12H17ClFNS/c1-3-16-8-9(2)15-7-10-11(13)5-4-6-12(10)14/h4-6,9,15H,3,7-8H2,1-2H3. The maximum Gasteiger partial charge on any atom is 0.129 e. The molecule has 4 heteroatoms. The molecule has 1 nitrogen and oxygen atoms in total. The van der Waals surface area contributed by atoms with E-state index in [0.717, 1.165) is 11.5 Å². The summed E-state index contributed by atoms with van der Waals surface area (Å²) in [6.07, 6.45) is 0. The summed E-state index contributed by atoms with van der Waals surface area (Å²) in [5.41, 5.74) is 0.553. The Balaban J connectivity index is 2.48. The van der Waals surface area contributed by atoms with Gasteiger partial charge in [-0.2, -0.15) is 11.8 Å². The number of benzene rings is 1. The Hall–Kier alpha value is -0.250. The molecule has 1 unspecified atom stereocenters. The first-order chi connectivity index (χ1) is 7.65. The smallest absolute Gasteiger partial charge is 0.129 e. The molecule has 0 aliphatic carbocycles. The number of rotatable bonds is 6. The predicted octanol–water partition coefficient (Wildman–Crippen LogP) is 3.71. The van der Waals surface area contributed by atoms with Gasteiger partial charge in [-0.05, 0) is 24.8 Å². The van der Waals surface area contributed by atoms with E-state index in [1.807, 2.05) is 11.8 Å². The third kappa shape index (κ3) is 4.32. The molecule has 0 fully saturated rings. The molecule has 0 heterocycles. The maximum absolute atomic E-state index is 13.4. The highest BCUT2D eigenvalue weighted by molar-refractivity contribution is 7.99. The molecule has 1 rings (SSSR count). The largest absolute Gasteiger partial charge is 0.309 e. The second-order valence-electron chi connectivity index (χ2n) is 3.64. The molecular weight excluding hydrogens is 245 g/mol. The first kappa shape index (κ1) is 13.8. The monoisotopic (exact) mass is 261 g/mol. The molecule has 0 saturated heterocycles. The third-order valence-electron chi connectivity index (χ3n) is 2.26. The van der Waals surface area contributed by atoms with Crippen molar-refractivity contribution in [2.24, 2.45) is 0 Å². The zero-order valence-corrected chi connectivity index (χ0v) is 11.2. The number of nitrogens with one attached hydrogen (secondary N) is 1. The molecule has 0 bridgehead atoms. The van der Waals surface area contributed by atoms with Crippen molar-refractivity contribution >= 4 is 23.4 Å². The van der Waals surface area contributed by atoms with Crippen LogP contribution in [0, 0.1) is 5.82 Å². The average Bonchev–Trinajstić information content (AvgIpc) is 2.25. The van der Waals surface area contributed by atoms with Crippen molar-refractivity contribution in [1.29, 1.82) is 0 Å². The quantitative estimate of drug-likeness (QED) is 0.838. The Morgan fingerprint density at radius 1 is 1.50 bits per heavy atom. The van der Waals surface area contributed by atoms with E-state index in [2.05, 4.69) is 19.2 Å². The van der Waals surface area contributed by atoms with Crippen LogP contribution >= 0.6 is 23.4 Å². The Labute approximate surface area is 106 Å². The molecule has 0 radical (unpaired) electrons. The van der Waals surface area contributed by atoms with E-state index in [0.29, 0.717) is 23.2 Å². The highest BCUT2D eigenvalue weighted by atomic mass is 35.5. The van der Waals surface area contributed by atoms with Gasteiger partial charge in [0, 0.05) is 28.9 Å². The van der Waals surface area contributed by atoms with Crippen molar-refractivity contribution in [2.75, 3.05) is 11.5 Å². The van der Waals surface area contributed by atoms with Gasteiger partial charge in [-0.15, -0.1) is 0 Å². The van der Waals surface area contributed by atoms with Crippen molar-refractivity contribution in [2.45, 2.75) is 26.4 Å². The van der Waals surface area contributed by atoms with Crippen LogP contribution in [0.25, 0.3) is 0 Å². The second kappa shape index (κ2) is 7.15. The molecule has 1 aromatic carbocycles. The van der Waals surface area contributed by atoms with Crippen LogP contribution in [0.1, 0.15) is 19.4 Å². The van der Waals surface area contributed by atoms with Crippen molar-refractivity contribution in [3.8, 4) is 0 Å². The summed E-state index contributed by atoms with van der Waals surface area (Å²) in [4.78, 5) is 0. The minimum Gasteiger partial charge on any atom is -0.309 e. The van der Waals surface area contributed by atoms with Gasteiger partial charge < -0.3 is 5.32 Å². The number of thioether (sulfide) groups is 1. The minimum absolute atomic E-state index is 0.240. The topological polar surface area (TPSA) is 12.0 Å². The van der Waals surface area contributed by atoms with Gasteiger partial charge in [0.1, 0.15) is 5.82 Å². The van der Waals surface area contributed by atoms with E-state index in [1.54, 1.807) is 12.1 Å². The lowest BCUT2D eigenvalue weighted by atomic mass is 10.2. The van der Waals surface area contributed by atoms with E-state index in [4.69, 9.17) is 11.6 Å². The zero-order chi connectivity index (χ0) is 12.0. The summed E-state index contributed by atoms with van der Waals surface area (Å²) in [7, 11) is 0. The second-order valence-corrected chi connectivity index (χ2v) is 5.37. The molecule has 0 aliphatic heterocycles. The lowest BCUT2D eigenvalue weighted by Gasteiger charge is -2.14. The highest BCUT2D eigenvalue weighted by Crippen LogP contribution is 2.18. The normalized spacial score (nSPS) is 12.8. The lowest BCUT2D eigenvalue weighted by molar-refractivity contribution is 0.557. The van der Waals surface area contributed by atoms with Crippen LogP contribution in [0.3, 0.4) is 0 Å². The fourth-order valence-electron chi connectivity index (χ4n) is 1.33. The highest BCUT2D eigenvalue weighted by Gasteiger charge is 2.08. The van der Waals surface area contributed by atoms with E-state index in [-0.39, 0.29) is 5.82 Å². The van der Waals surface area contributed by atoms with E-state index in [1.165, 1.54) is 6.07 Å². The van der Waals surface area contributed by atoms with Crippen molar-refractivity contribution < 1.29 is 4.39 Å². The Morgan fingerprint density at radius 3 is 2.88 bits per heavy atom. The van der Waals surface area contributed by atoms with Gasteiger partial charge in [0.05, 0.1) is 0 Å². The molecule has 1 atom stereocenters. The average molecular weight is 262 g/mol. The third-order valence-corrected chi connectivity index (χ3v) is 3.76. The maximum atomic E-state index is 13.4. The number of halogens is 2. The minimum atomic E-state index is -0.240. The molecular formula is C12H17ClFNS. The Morgan fingerprint density at radius 2 is 2.25 bits per heavy atom. The zero-order valence-electron chi connectivity index (χ0n) is 9.59. The van der Waals surface area contributed by atoms with E-state index in [9.17, 15) is 4.39 Å². The van der Waals surface area contributed by atoms with Gasteiger partial charge in [0.25, 0.3) is 0 Å². The van der Waals surface area contributed by atoms with Crippen LogP contribution < -0.4 is 5.32 Å². The molecule has 0 amide bonds. The Kier molecular flexibility index (Phi) is 6.17. The molecule has 1 N–H and O–H groups in total. The molecule has 16 heavy (non-hydrogen) atoms. The van der Waals surface area contributed by atoms with Gasteiger partial charge in [0.15, 0.2) is 0 Å². The fourth-order valence-corrected chi connectivity index (χ4v) is 2.27. The summed E-state index contributed by atoms with van der Waals surface area (Å²) < 4.78 is 13.4. The summed E-state index contributed by atoms with van der Waals surface area (Å²) in [6.45, 7) is 4.71. The first-order valence-electron chi connectivity index (χ1n) is 5.39. The van der Waals surface area contributed by atoms with Crippen LogP contribution in [-0.2, 0) is 6.54 Å². The summed E-state index contributed by atoms with van der Waals surface area (Å²) in [5.74, 6) is 1.89. The van der Waals surface area contributed by atoms with Crippen molar-refractivity contribution in [3.05, 3.63) is 34.6 Å². The van der Waals surface area contributed by atoms with Crippen molar-refractivity contribution in [3.63, 3.8) is 0 Å². The Bertz CT molecular complexity index is 313. The van der Waals surface area contributed by atoms with Gasteiger partial charge in [-0.1, -0.05) is 24.6 Å². The van der Waals surface area contributed by atoms with Gasteiger partial charge in [0.2, 0.25) is 0 Å². The summed E-state index contributed by atoms with van der Waals surface area (Å²) in [6, 6.07) is 5.14. The molecule has 0 aliphatic rings. The van der Waals surface area contributed by atoms with Crippen LogP contribution in [-0.4, -0.2) is 17.5 Å². The van der Waals surface area contributed by atoms with E-state index < -0.39 is 0 Å². The van der Waals surface area contributed by atoms with Crippen molar-refractivity contribution in [1.82, 2.24) is 5.32 Å². The number of hydrogen-bond acceptors (Lipinski definition) is 2. The molecule has 0 spiro atoms. The van der Waals surface area contributed by atoms with Crippen LogP contribution in [0.15, 0.2) is 18.2 Å². The molecule has 90 valence electrons. The van der Waals surface area contributed by atoms with Gasteiger partial charge >= 0.3 is 0 Å². The summed E-state index contributed by atoms with van der Waals surface area (Å²) >= 11 is 7.80. The molecule has 0 aromatic heterocycles. The fraction of sp³-hybridized carbons (Fsp3) is 0.500. The predicted molar refractivity (Wildman–Crippen MR) is 70.7 cm³/mol. The first-order valence-corrected chi connectivity index (χ1v) is 6.92. The van der Waals surface area contributed by atoms with Crippen LogP contribution in [0.2, 0.25) is 5.02 Å².